The number of carboxylic acid groups (broad SMARTS) is 1. The van der Waals surface area contributed by atoms with Crippen LogP contribution in [0.5, 0.6) is 51.7 Å². The molecule has 0 bridgehead atoms. The normalized spacial score (nSPS) is 31.5. The highest BCUT2D eigenvalue weighted by atomic mass is 16.7. The molecule has 0 radical (unpaired) electrons. The van der Waals surface area contributed by atoms with Gasteiger partial charge in [-0.2, -0.15) is 0 Å². The monoisotopic (exact) mass is 1640 g/mol. The number of hydrogen-bond acceptors (Lipinski definition) is 40. The van der Waals surface area contributed by atoms with Gasteiger partial charge >= 0.3 is 35.2 Å². The Kier molecular flexibility index (Phi) is 28.3. The van der Waals surface area contributed by atoms with Crippen molar-refractivity contribution in [2.75, 3.05) is 33.0 Å². The van der Waals surface area contributed by atoms with Crippen molar-refractivity contribution in [2.45, 2.75) is 160 Å². The predicted molar refractivity (Wildman–Crippen MR) is 376 cm³/mol. The summed E-state index contributed by atoms with van der Waals surface area (Å²) in [6, 6.07) is 21.6. The van der Waals surface area contributed by atoms with Gasteiger partial charge in [-0.15, -0.1) is 0 Å². The molecule has 11 rings (SSSR count). The van der Waals surface area contributed by atoms with E-state index in [1.807, 2.05) is 0 Å². The molecule has 116 heavy (non-hydrogen) atoms. The standard InChI is InChI=1S/C75H80O41/c76-25-44-55(87)60(92)65(97)71(112-44)106-36-12-3-31(4-13-36)8-17-51(83)103-27-46-57(89)62(94)67(99)73(114-46)109-41-19-33(70-43(23-38-39(79)21-35(78)22-40(38)108-70)111-75-69(101)64(96)59(91)48(116-75)29-105-53(85)24-49(80)81)20-42(54(41)86)110-74-68(100)63(95)58(90)47(115-74)28-104-52(84)18-9-32-5-14-37(15-6-32)107-72-66(98)61(93)56(88)45(113-72)26-102-50(82)16-7-30-1-10-34(77)11-2-30/h1-23,44-48,55-69,71-76,87-101H,24-29H2,(H4-,77,78,79,80,81,82,86)/b17-8+,18-9+/t44-,45-,46-,47-,48-,55-,56-,57-,58-,59-,60+,61+,62+,63+,64+,65-,66-,67-,68-,69-,71-,72-,73-,74-,75-/m1/s1. The van der Waals surface area contributed by atoms with Crippen molar-refractivity contribution >= 4 is 59.0 Å². The smallest absolute Gasteiger partial charge is 0.402 e. The van der Waals surface area contributed by atoms with Crippen LogP contribution in [0.15, 0.2) is 126 Å². The van der Waals surface area contributed by atoms with Gasteiger partial charge in [0, 0.05) is 42.5 Å². The van der Waals surface area contributed by atoms with E-state index in [0.717, 1.165) is 48.6 Å². The Balaban J connectivity index is 0.811. The zero-order chi connectivity index (χ0) is 83.7. The number of aliphatic hydroxyl groups excluding tert-OH is 16. The number of phenolic OH excluding ortho intramolecular Hbond substituents is 4. The van der Waals surface area contributed by atoms with E-state index in [-0.39, 0.29) is 22.6 Å². The molecule has 5 aliphatic heterocycles. The fourth-order valence-corrected chi connectivity index (χ4v) is 12.2. The number of aliphatic hydroxyl groups is 16. The first-order chi connectivity index (χ1) is 55.2. The summed E-state index contributed by atoms with van der Waals surface area (Å²) in [4.78, 5) is 62.1. The number of aromatic hydroxyl groups is 4. The second-order valence-electron chi connectivity index (χ2n) is 26.8. The number of benzene rings is 5. The SMILES string of the molecule is O=C([O-])CC(=O)OC[C@H]1O[C@@H](Oc2cc3c(O)cc(O)cc3[o+]c2-c2cc(O[C@@H]3O[C@H](COC(=O)/C=C/c4ccc(O[C@@H]5O[C@H](CO)[C@@H](O)[C@H](O)[C@H]5O)cc4)[C@@H](O)[C@H](O)[C@H]3O)c(O)c(O[C@@H]3O[C@H](COC(=O)/C=C/c4ccc(O[C@@H]5O[C@H](COC(=O)/C=C/c6ccc(O)cc6)[C@@H](O)[C@H](O)[C@H]5O)cc4)[C@@H](O)[C@H](O)[C@H]3O)c2)[C@H](O)[C@@H](O)[C@@H]1O. The topological polar surface area (TPSA) is 654 Å². The highest BCUT2D eigenvalue weighted by Gasteiger charge is 2.51. The summed E-state index contributed by atoms with van der Waals surface area (Å²) >= 11 is 0. The van der Waals surface area contributed by atoms with Crippen LogP contribution in [0.25, 0.3) is 40.5 Å². The molecule has 0 saturated carbocycles. The predicted octanol–water partition coefficient (Wildman–Crippen LogP) is -5.42. The largest absolute Gasteiger partial charge is 0.550 e. The lowest BCUT2D eigenvalue weighted by Gasteiger charge is -2.40. The van der Waals surface area contributed by atoms with Crippen molar-refractivity contribution in [3.8, 4) is 63.1 Å². The fourth-order valence-electron chi connectivity index (χ4n) is 12.2. The second kappa shape index (κ2) is 38.0. The van der Waals surface area contributed by atoms with Crippen LogP contribution in [0.1, 0.15) is 23.1 Å². The molecule has 5 aliphatic rings. The minimum absolute atomic E-state index is 0.00543. The maximum atomic E-state index is 13.3. The molecule has 6 aromatic rings. The molecule has 25 atom stereocenters. The van der Waals surface area contributed by atoms with E-state index < -0.39 is 274 Å². The first-order valence-corrected chi connectivity index (χ1v) is 35.2. The Morgan fingerprint density at radius 1 is 0.379 bits per heavy atom. The molecule has 1 aromatic heterocycles. The van der Waals surface area contributed by atoms with Gasteiger partial charge in [0.05, 0.1) is 30.6 Å². The molecule has 5 fully saturated rings. The molecule has 0 aliphatic carbocycles. The van der Waals surface area contributed by atoms with Crippen LogP contribution < -0.4 is 28.8 Å². The van der Waals surface area contributed by atoms with E-state index in [9.17, 15) is 131 Å². The van der Waals surface area contributed by atoms with E-state index in [1.54, 1.807) is 0 Å². The maximum Gasteiger partial charge on any atom is 0.402 e. The Morgan fingerprint density at radius 2 is 0.716 bits per heavy atom. The second-order valence-corrected chi connectivity index (χ2v) is 26.8. The number of carbonyl (C=O) groups is 5. The van der Waals surface area contributed by atoms with Gasteiger partial charge in [-0.05, 0) is 71.3 Å². The zero-order valence-electron chi connectivity index (χ0n) is 60.0. The summed E-state index contributed by atoms with van der Waals surface area (Å²) < 4.78 is 84.6. The van der Waals surface area contributed by atoms with Gasteiger partial charge in [0.25, 0.3) is 0 Å². The lowest BCUT2D eigenvalue weighted by molar-refractivity contribution is -0.305. The number of carbonyl (C=O) groups excluding carboxylic acids is 5. The molecule has 0 unspecified atom stereocenters. The maximum absolute atomic E-state index is 13.3. The van der Waals surface area contributed by atoms with Crippen LogP contribution in [0, 0.1) is 0 Å². The summed E-state index contributed by atoms with van der Waals surface area (Å²) in [7, 11) is 0. The lowest BCUT2D eigenvalue weighted by atomic mass is 9.99. The number of fused-ring (bicyclic) bond motifs is 1. The Morgan fingerprint density at radius 3 is 1.09 bits per heavy atom. The average molecular weight is 1640 g/mol. The quantitative estimate of drug-likeness (QED) is 0.00717. The van der Waals surface area contributed by atoms with Crippen LogP contribution in [0.4, 0.5) is 0 Å². The number of aliphatic carboxylic acids is 1. The first-order valence-electron chi connectivity index (χ1n) is 35.2. The van der Waals surface area contributed by atoms with Crippen LogP contribution in [-0.4, -0.2) is 319 Å². The molecule has 0 spiro atoms. The van der Waals surface area contributed by atoms with E-state index in [4.69, 9.17) is 70.7 Å². The van der Waals surface area contributed by atoms with Gasteiger partial charge in [0.2, 0.25) is 42.9 Å². The molecular formula is C75H80O41. The van der Waals surface area contributed by atoms with E-state index >= 15 is 0 Å². The summed E-state index contributed by atoms with van der Waals surface area (Å²) in [5, 5.41) is 227. The van der Waals surface area contributed by atoms with Gasteiger partial charge in [0.1, 0.15) is 183 Å². The minimum atomic E-state index is -2.29. The average Bonchev–Trinajstić information content (AvgIpc) is 0.759. The number of rotatable bonds is 28. The molecule has 0 amide bonds. The number of phenols is 4. The molecular weight excluding hydrogens is 1560 g/mol. The van der Waals surface area contributed by atoms with Crippen molar-refractivity contribution in [2.24, 2.45) is 0 Å². The highest BCUT2D eigenvalue weighted by Crippen LogP contribution is 2.48. The van der Waals surface area contributed by atoms with Crippen molar-refractivity contribution in [1.29, 1.82) is 0 Å². The molecule has 5 saturated heterocycles. The number of esters is 4. The highest BCUT2D eigenvalue weighted by molar-refractivity contribution is 5.91. The summed E-state index contributed by atoms with van der Waals surface area (Å²) in [5.41, 5.74) is 0.350. The first kappa shape index (κ1) is 86.3. The third-order valence-electron chi connectivity index (χ3n) is 18.6. The van der Waals surface area contributed by atoms with E-state index in [2.05, 4.69) is 0 Å². The van der Waals surface area contributed by atoms with Gasteiger partial charge in [0.15, 0.2) is 11.5 Å². The zero-order valence-corrected chi connectivity index (χ0v) is 60.0. The van der Waals surface area contributed by atoms with E-state index in [1.165, 1.54) is 91.0 Å². The number of hydrogen-bond donors (Lipinski definition) is 20. The third kappa shape index (κ3) is 20.8. The Bertz CT molecular complexity index is 4460. The fraction of sp³-hybridized carbons (Fsp3) is 0.413. The van der Waals surface area contributed by atoms with Crippen molar-refractivity contribution in [1.82, 2.24) is 0 Å². The van der Waals surface area contributed by atoms with Crippen molar-refractivity contribution in [3.63, 3.8) is 0 Å². The number of carboxylic acids is 1. The van der Waals surface area contributed by atoms with E-state index in [0.29, 0.717) is 16.7 Å². The van der Waals surface area contributed by atoms with Gasteiger partial charge in [-0.1, -0.05) is 36.4 Å². The Labute approximate surface area is 652 Å². The minimum Gasteiger partial charge on any atom is -0.550 e. The van der Waals surface area contributed by atoms with Gasteiger partial charge < -0.3 is 178 Å². The molecule has 626 valence electrons. The summed E-state index contributed by atoms with van der Waals surface area (Å²) in [6.45, 7) is -4.07. The molecule has 6 heterocycles. The van der Waals surface area contributed by atoms with Crippen molar-refractivity contribution < 1.29 is 202 Å². The van der Waals surface area contributed by atoms with Gasteiger partial charge in [-0.25, -0.2) is 18.8 Å². The lowest BCUT2D eigenvalue weighted by Crippen LogP contribution is -2.60. The summed E-state index contributed by atoms with van der Waals surface area (Å²) in [5.74, 6) is -11.7. The van der Waals surface area contributed by atoms with Crippen LogP contribution in [0.3, 0.4) is 0 Å². The molecule has 41 heteroatoms. The van der Waals surface area contributed by atoms with Crippen molar-refractivity contribution in [3.05, 3.63) is 138 Å². The number of ether oxygens (including phenoxy) is 14. The van der Waals surface area contributed by atoms with Gasteiger partial charge in [-0.3, -0.25) is 4.79 Å². The third-order valence-corrected chi connectivity index (χ3v) is 18.6. The summed E-state index contributed by atoms with van der Waals surface area (Å²) in [6.07, 6.45) is -42.3. The Hall–Kier alpha value is -10.6. The van der Waals surface area contributed by atoms with Crippen LogP contribution in [-0.2, 0) is 66.6 Å². The van der Waals surface area contributed by atoms with Crippen LogP contribution in [0.2, 0.25) is 0 Å². The van der Waals surface area contributed by atoms with Crippen LogP contribution >= 0.6 is 0 Å². The molecule has 41 nitrogen and oxygen atoms in total. The molecule has 5 aromatic carbocycles. The molecule has 20 N–H and O–H groups in total.